The van der Waals surface area contributed by atoms with Gasteiger partial charge < -0.3 is 15.0 Å². The van der Waals surface area contributed by atoms with Gasteiger partial charge in [0.05, 0.1) is 18.8 Å². The molecule has 0 radical (unpaired) electrons. The summed E-state index contributed by atoms with van der Waals surface area (Å²) in [5.74, 6) is 0.639. The highest BCUT2D eigenvalue weighted by atomic mass is 16.5. The zero-order chi connectivity index (χ0) is 19.8. The lowest BCUT2D eigenvalue weighted by molar-refractivity contribution is 0.0949. The normalized spacial score (nSPS) is 14.3. The van der Waals surface area contributed by atoms with Gasteiger partial charge in [-0.05, 0) is 36.3 Å². The Morgan fingerprint density at radius 3 is 2.46 bits per heavy atom. The topological polar surface area (TPSA) is 57.7 Å². The minimum atomic E-state index is -0.0955. The summed E-state index contributed by atoms with van der Waals surface area (Å²) in [7, 11) is 0. The number of benzene rings is 1. The standard InChI is InChI=1S/C22H30N4O2/c1-3-25(4-2)17-19-9-7-18(8-10-19)16-24-22(27)20-6-5-11-23-21(20)26-12-14-28-15-13-26/h5-11H,3-4,12-17H2,1-2H3,(H,24,27). The van der Waals surface area contributed by atoms with E-state index >= 15 is 0 Å². The zero-order valence-electron chi connectivity index (χ0n) is 16.9. The SMILES string of the molecule is CCN(CC)Cc1ccc(CNC(=O)c2cccnc2N2CCOCC2)cc1. The first-order valence-corrected chi connectivity index (χ1v) is 10.1. The van der Waals surface area contributed by atoms with Gasteiger partial charge in [-0.15, -0.1) is 0 Å². The number of rotatable bonds is 8. The van der Waals surface area contributed by atoms with Crippen LogP contribution in [-0.2, 0) is 17.8 Å². The second-order valence-corrected chi connectivity index (χ2v) is 6.93. The van der Waals surface area contributed by atoms with Crippen LogP contribution < -0.4 is 10.2 Å². The average Bonchev–Trinajstić information content (AvgIpc) is 2.77. The van der Waals surface area contributed by atoms with E-state index in [2.05, 4.69) is 58.2 Å². The highest BCUT2D eigenvalue weighted by Gasteiger charge is 2.19. The summed E-state index contributed by atoms with van der Waals surface area (Å²) in [6.45, 7) is 10.7. The van der Waals surface area contributed by atoms with Crippen LogP contribution in [-0.4, -0.2) is 55.2 Å². The van der Waals surface area contributed by atoms with Crippen molar-refractivity contribution in [1.82, 2.24) is 15.2 Å². The second-order valence-electron chi connectivity index (χ2n) is 6.93. The van der Waals surface area contributed by atoms with Crippen molar-refractivity contribution in [2.24, 2.45) is 0 Å². The number of aromatic nitrogens is 1. The summed E-state index contributed by atoms with van der Waals surface area (Å²) in [4.78, 5) is 21.7. The molecule has 1 aliphatic rings. The van der Waals surface area contributed by atoms with Crippen molar-refractivity contribution >= 4 is 11.7 Å². The largest absolute Gasteiger partial charge is 0.378 e. The summed E-state index contributed by atoms with van der Waals surface area (Å²) >= 11 is 0. The van der Waals surface area contributed by atoms with Crippen molar-refractivity contribution in [3.63, 3.8) is 0 Å². The summed E-state index contributed by atoms with van der Waals surface area (Å²) in [5, 5.41) is 3.03. The summed E-state index contributed by atoms with van der Waals surface area (Å²) < 4.78 is 5.40. The quantitative estimate of drug-likeness (QED) is 0.761. The number of nitrogens with zero attached hydrogens (tertiary/aromatic N) is 3. The molecule has 3 rings (SSSR count). The molecule has 6 heteroatoms. The number of hydrogen-bond acceptors (Lipinski definition) is 5. The van der Waals surface area contributed by atoms with E-state index in [0.29, 0.717) is 25.3 Å². The predicted molar refractivity (Wildman–Crippen MR) is 112 cm³/mol. The maximum Gasteiger partial charge on any atom is 0.255 e. The number of carbonyl (C=O) groups excluding carboxylic acids is 1. The number of hydrogen-bond donors (Lipinski definition) is 1. The minimum Gasteiger partial charge on any atom is -0.378 e. The number of amides is 1. The van der Waals surface area contributed by atoms with Crippen LogP contribution in [0.3, 0.4) is 0 Å². The van der Waals surface area contributed by atoms with Crippen molar-refractivity contribution in [1.29, 1.82) is 0 Å². The molecule has 0 unspecified atom stereocenters. The van der Waals surface area contributed by atoms with Crippen molar-refractivity contribution in [3.05, 3.63) is 59.3 Å². The van der Waals surface area contributed by atoms with Crippen molar-refractivity contribution in [2.45, 2.75) is 26.9 Å². The van der Waals surface area contributed by atoms with E-state index in [4.69, 9.17) is 4.74 Å². The van der Waals surface area contributed by atoms with E-state index in [9.17, 15) is 4.79 Å². The lowest BCUT2D eigenvalue weighted by Gasteiger charge is -2.29. The molecule has 0 bridgehead atoms. The van der Waals surface area contributed by atoms with Gasteiger partial charge in [-0.2, -0.15) is 0 Å². The minimum absolute atomic E-state index is 0.0955. The Bertz CT molecular complexity index is 753. The Balaban J connectivity index is 1.60. The van der Waals surface area contributed by atoms with Gasteiger partial charge in [0.1, 0.15) is 5.82 Å². The highest BCUT2D eigenvalue weighted by molar-refractivity contribution is 5.98. The van der Waals surface area contributed by atoms with Crippen LogP contribution in [0, 0.1) is 0 Å². The van der Waals surface area contributed by atoms with Gasteiger partial charge in [0, 0.05) is 32.4 Å². The molecular weight excluding hydrogens is 352 g/mol. The van der Waals surface area contributed by atoms with Crippen LogP contribution in [0.4, 0.5) is 5.82 Å². The zero-order valence-corrected chi connectivity index (χ0v) is 16.9. The smallest absolute Gasteiger partial charge is 0.255 e. The third-order valence-corrected chi connectivity index (χ3v) is 5.12. The fraction of sp³-hybridized carbons (Fsp3) is 0.455. The fourth-order valence-electron chi connectivity index (χ4n) is 3.35. The Labute approximate surface area is 167 Å². The molecule has 1 fully saturated rings. The van der Waals surface area contributed by atoms with Crippen molar-refractivity contribution in [2.75, 3.05) is 44.3 Å². The molecule has 1 aromatic heterocycles. The molecular formula is C22H30N4O2. The summed E-state index contributed by atoms with van der Waals surface area (Å²) in [6.07, 6.45) is 1.73. The highest BCUT2D eigenvalue weighted by Crippen LogP contribution is 2.18. The Hall–Kier alpha value is -2.44. The number of morpholine rings is 1. The maximum absolute atomic E-state index is 12.8. The molecule has 0 atom stereocenters. The van der Waals surface area contributed by atoms with Crippen LogP contribution in [0.5, 0.6) is 0 Å². The van der Waals surface area contributed by atoms with Crippen LogP contribution in [0.1, 0.15) is 35.3 Å². The van der Waals surface area contributed by atoms with Gasteiger partial charge >= 0.3 is 0 Å². The molecule has 0 aliphatic carbocycles. The third-order valence-electron chi connectivity index (χ3n) is 5.12. The first kappa shape index (κ1) is 20.3. The van der Waals surface area contributed by atoms with E-state index < -0.39 is 0 Å². The fourth-order valence-corrected chi connectivity index (χ4v) is 3.35. The van der Waals surface area contributed by atoms with Gasteiger partial charge in [-0.1, -0.05) is 38.1 Å². The first-order valence-electron chi connectivity index (χ1n) is 10.1. The van der Waals surface area contributed by atoms with Crippen molar-refractivity contribution < 1.29 is 9.53 Å². The molecule has 1 saturated heterocycles. The van der Waals surface area contributed by atoms with E-state index in [-0.39, 0.29) is 5.91 Å². The molecule has 2 heterocycles. The number of ether oxygens (including phenoxy) is 1. The van der Waals surface area contributed by atoms with Crippen LogP contribution in [0.25, 0.3) is 0 Å². The average molecular weight is 383 g/mol. The second kappa shape index (κ2) is 10.2. The third kappa shape index (κ3) is 5.30. The van der Waals surface area contributed by atoms with E-state index in [0.717, 1.165) is 44.1 Å². The van der Waals surface area contributed by atoms with Gasteiger partial charge in [0.25, 0.3) is 5.91 Å². The maximum atomic E-state index is 12.8. The van der Waals surface area contributed by atoms with E-state index in [1.807, 2.05) is 6.07 Å². The predicted octanol–water partition coefficient (Wildman–Crippen LogP) is 2.69. The van der Waals surface area contributed by atoms with E-state index in [1.165, 1.54) is 5.56 Å². The van der Waals surface area contributed by atoms with Crippen LogP contribution in [0.2, 0.25) is 0 Å². The molecule has 6 nitrogen and oxygen atoms in total. The first-order chi connectivity index (χ1) is 13.7. The molecule has 0 saturated carbocycles. The van der Waals surface area contributed by atoms with Gasteiger partial charge in [0.2, 0.25) is 0 Å². The lowest BCUT2D eigenvalue weighted by atomic mass is 10.1. The lowest BCUT2D eigenvalue weighted by Crippen LogP contribution is -2.38. The molecule has 2 aromatic rings. The van der Waals surface area contributed by atoms with E-state index in [1.54, 1.807) is 12.3 Å². The Morgan fingerprint density at radius 2 is 1.79 bits per heavy atom. The summed E-state index contributed by atoms with van der Waals surface area (Å²) in [6, 6.07) is 12.1. The number of carbonyl (C=O) groups is 1. The van der Waals surface area contributed by atoms with Crippen LogP contribution >= 0.6 is 0 Å². The number of nitrogens with one attached hydrogen (secondary N) is 1. The number of anilines is 1. The molecule has 28 heavy (non-hydrogen) atoms. The van der Waals surface area contributed by atoms with Gasteiger partial charge in [-0.25, -0.2) is 4.98 Å². The molecule has 1 amide bonds. The molecule has 1 aliphatic heterocycles. The molecule has 0 spiro atoms. The number of pyridine rings is 1. The molecule has 1 aromatic carbocycles. The van der Waals surface area contributed by atoms with Gasteiger partial charge in [-0.3, -0.25) is 9.69 Å². The molecule has 150 valence electrons. The monoisotopic (exact) mass is 382 g/mol. The molecule has 1 N–H and O–H groups in total. The Kier molecular flexibility index (Phi) is 7.39. The summed E-state index contributed by atoms with van der Waals surface area (Å²) in [5.41, 5.74) is 3.00. The van der Waals surface area contributed by atoms with Crippen molar-refractivity contribution in [3.8, 4) is 0 Å². The van der Waals surface area contributed by atoms with Gasteiger partial charge in [0.15, 0.2) is 0 Å². The Morgan fingerprint density at radius 1 is 1.11 bits per heavy atom. The van der Waals surface area contributed by atoms with Crippen LogP contribution in [0.15, 0.2) is 42.6 Å².